The smallest absolute Gasteiger partial charge is 0.324 e. The molecule has 4 nitrogen and oxygen atoms in total. The Hall–Kier alpha value is -12.3. The van der Waals surface area contributed by atoms with Gasteiger partial charge in [-0.25, -0.2) is 0 Å². The molecule has 0 N–H and O–H groups in total. The molecular formula is C100H84B2N2O2. The van der Waals surface area contributed by atoms with Gasteiger partial charge in [-0.15, -0.1) is 0 Å². The number of para-hydroxylation sites is 2. The molecule has 2 aliphatic heterocycles. The third kappa shape index (κ3) is 14.5. The van der Waals surface area contributed by atoms with Gasteiger partial charge in [-0.3, -0.25) is 10.1 Å². The van der Waals surface area contributed by atoms with Crippen LogP contribution in [0.3, 0.4) is 0 Å². The molecule has 106 heavy (non-hydrogen) atoms. The van der Waals surface area contributed by atoms with Gasteiger partial charge >= 0.3 is 13.8 Å². The predicted octanol–water partition coefficient (Wildman–Crippen LogP) is 23.5. The second kappa shape index (κ2) is 32.1. The lowest BCUT2D eigenvalue weighted by molar-refractivity contribution is 0.273. The van der Waals surface area contributed by atoms with Crippen molar-refractivity contribution in [1.29, 1.82) is 0 Å². The molecule has 0 spiro atoms. The topological polar surface area (TPSA) is 24.9 Å². The Labute approximate surface area is 627 Å². The van der Waals surface area contributed by atoms with Gasteiger partial charge in [0.05, 0.1) is 11.4 Å². The number of rotatable bonds is 14. The Bertz CT molecular complexity index is 5040. The van der Waals surface area contributed by atoms with Crippen LogP contribution in [0.25, 0.3) is 44.4 Å². The first kappa shape index (κ1) is 69.4. The third-order valence-electron chi connectivity index (χ3n) is 20.4. The number of nitrogens with zero attached hydrogens (tertiary/aromatic N) is 2. The van der Waals surface area contributed by atoms with Crippen molar-refractivity contribution in [3.63, 3.8) is 0 Å². The molecule has 0 unspecified atom stereocenters. The lowest BCUT2D eigenvalue weighted by Crippen LogP contribution is -2.47. The zero-order valence-electron chi connectivity index (χ0n) is 61.0. The highest BCUT2D eigenvalue weighted by molar-refractivity contribution is 6.89. The van der Waals surface area contributed by atoms with Gasteiger partial charge in [0.15, 0.2) is 0 Å². The van der Waals surface area contributed by atoms with Crippen LogP contribution < -0.4 is 21.1 Å². The summed E-state index contributed by atoms with van der Waals surface area (Å²) in [6.45, 7) is 12.3. The van der Waals surface area contributed by atoms with Crippen molar-refractivity contribution in [3.05, 3.63) is 477 Å². The minimum Gasteiger partial charge on any atom is -0.324 e. The van der Waals surface area contributed by atoms with Crippen molar-refractivity contribution in [2.24, 2.45) is 0 Å². The van der Waals surface area contributed by atoms with E-state index in [9.17, 15) is 0 Å². The van der Waals surface area contributed by atoms with E-state index < -0.39 is 13.8 Å². The summed E-state index contributed by atoms with van der Waals surface area (Å²) in [5.41, 5.74) is 32.1. The van der Waals surface area contributed by atoms with Gasteiger partial charge in [-0.1, -0.05) is 397 Å². The number of allylic oxidation sites excluding steroid dienone is 4. The molecule has 0 saturated carbocycles. The maximum absolute atomic E-state index is 7.83. The van der Waals surface area contributed by atoms with Crippen LogP contribution in [-0.4, -0.2) is 13.8 Å². The van der Waals surface area contributed by atoms with Crippen LogP contribution in [0.4, 0.5) is 11.4 Å². The fraction of sp³-hybridized carbons (Fsp3) is 0.0800. The Kier molecular flexibility index (Phi) is 21.1. The zero-order chi connectivity index (χ0) is 72.3. The summed E-state index contributed by atoms with van der Waals surface area (Å²) in [7, 11) is 0. The monoisotopic (exact) mass is 1370 g/mol. The van der Waals surface area contributed by atoms with E-state index in [1.54, 1.807) is 0 Å². The van der Waals surface area contributed by atoms with Gasteiger partial charge in [0.2, 0.25) is 0 Å². The summed E-state index contributed by atoms with van der Waals surface area (Å²) in [6.07, 6.45) is 0. The number of benzene rings is 14. The Morgan fingerprint density at radius 1 is 0.226 bits per heavy atom. The van der Waals surface area contributed by atoms with Gasteiger partial charge in [0, 0.05) is 0 Å². The molecule has 14 aromatic carbocycles. The third-order valence-corrected chi connectivity index (χ3v) is 20.4. The highest BCUT2D eigenvalue weighted by Gasteiger charge is 2.45. The quantitative estimate of drug-likeness (QED) is 0.101. The van der Waals surface area contributed by atoms with E-state index in [2.05, 4.69) is 440 Å². The van der Waals surface area contributed by atoms with Crippen LogP contribution in [0.1, 0.15) is 101 Å². The first-order valence-electron chi connectivity index (χ1n) is 36.8. The average molecular weight is 1370 g/mol. The molecule has 0 aliphatic carbocycles. The number of hydrogen-bond acceptors (Lipinski definition) is 4. The normalized spacial score (nSPS) is 17.7. The maximum Gasteiger partial charge on any atom is 0.397 e. The molecule has 0 saturated heterocycles. The summed E-state index contributed by atoms with van der Waals surface area (Å²) in [6, 6.07) is 139. The molecule has 2 atom stereocenters. The SMILES string of the molecule is Cc1cc(C)c(B2ON(c3ccccc3)[C@@H](c3ccccc3)/C(c3ccccc3)=C(c3ccccc3)\C(c3ccccc3)=C/2c2ccccc2)c(C)c1.Cc1cc(C)c(B2ON(c3ccccc3)[C@@H](c3ccccc3)/C(c3ccccc3)=C(c3ccccc3)\C(c3ccccc3)=C/2c2ccccc2)c(C)c1. The van der Waals surface area contributed by atoms with E-state index in [4.69, 9.17) is 9.51 Å². The second-order valence-electron chi connectivity index (χ2n) is 27.6. The minimum absolute atomic E-state index is 0.333. The first-order chi connectivity index (χ1) is 52.2. The number of aryl methyl sites for hydroxylation is 6. The van der Waals surface area contributed by atoms with Gasteiger partial charge in [0.1, 0.15) is 12.1 Å². The molecule has 14 aromatic rings. The highest BCUT2D eigenvalue weighted by atomic mass is 16.7. The highest BCUT2D eigenvalue weighted by Crippen LogP contribution is 2.54. The van der Waals surface area contributed by atoms with E-state index in [-0.39, 0.29) is 12.1 Å². The van der Waals surface area contributed by atoms with Crippen LogP contribution in [0.15, 0.2) is 388 Å². The zero-order valence-corrected chi connectivity index (χ0v) is 61.0. The summed E-state index contributed by atoms with van der Waals surface area (Å²) in [5, 5.41) is 4.38. The van der Waals surface area contributed by atoms with Crippen molar-refractivity contribution in [2.75, 3.05) is 10.1 Å². The molecule has 0 amide bonds. The molecule has 0 aromatic heterocycles. The molecule has 0 bridgehead atoms. The van der Waals surface area contributed by atoms with Crippen molar-refractivity contribution >= 4 is 80.5 Å². The predicted molar refractivity (Wildman–Crippen MR) is 449 cm³/mol. The van der Waals surface area contributed by atoms with E-state index in [1.165, 1.54) is 55.5 Å². The number of hydrogen-bond donors (Lipinski definition) is 0. The molecule has 0 fully saturated rings. The van der Waals surface area contributed by atoms with E-state index in [0.717, 1.165) is 100 Å². The van der Waals surface area contributed by atoms with Crippen molar-refractivity contribution in [1.82, 2.24) is 0 Å². The molecule has 0 radical (unpaired) electrons. The molecule has 16 rings (SSSR count). The molecule has 2 aliphatic rings. The van der Waals surface area contributed by atoms with E-state index in [0.29, 0.717) is 0 Å². The summed E-state index contributed by atoms with van der Waals surface area (Å²) >= 11 is 0. The number of hydroxylamine groups is 2. The van der Waals surface area contributed by atoms with Crippen LogP contribution in [0.2, 0.25) is 0 Å². The molecule has 512 valence electrons. The Morgan fingerprint density at radius 2 is 0.434 bits per heavy atom. The van der Waals surface area contributed by atoms with Gasteiger partial charge in [-0.05, 0) is 177 Å². The minimum atomic E-state index is -0.476. The summed E-state index contributed by atoms with van der Waals surface area (Å²) < 4.78 is 15.7. The standard InChI is InChI=1S/2C50H42BNO/c2*1-36-34-37(2)48(38(3)35-36)51-49(42-28-16-7-17-29-42)46(40-24-12-5-13-25-40)45(39-22-10-4-11-23-39)47(41-26-14-6-15-27-41)50(43-30-18-8-19-31-43)52(53-51)44-32-20-9-21-33-44/h2*4-35,50H,1-3H3/b2*47-45-,49-46-/t2*50-/m00/s1. The lowest BCUT2D eigenvalue weighted by Gasteiger charge is -2.42. The second-order valence-corrected chi connectivity index (χ2v) is 27.6. The van der Waals surface area contributed by atoms with Gasteiger partial charge in [0.25, 0.3) is 0 Å². The van der Waals surface area contributed by atoms with Crippen molar-refractivity contribution in [3.8, 4) is 0 Å². The van der Waals surface area contributed by atoms with Gasteiger partial charge < -0.3 is 9.51 Å². The fourth-order valence-corrected chi connectivity index (χ4v) is 16.1. The van der Waals surface area contributed by atoms with Gasteiger partial charge in [-0.2, -0.15) is 0 Å². The Balaban J connectivity index is 0.000000170. The summed E-state index contributed by atoms with van der Waals surface area (Å²) in [4.78, 5) is 0. The summed E-state index contributed by atoms with van der Waals surface area (Å²) in [5.74, 6) is 0. The van der Waals surface area contributed by atoms with E-state index >= 15 is 0 Å². The lowest BCUT2D eigenvalue weighted by atomic mass is 9.48. The Morgan fingerprint density at radius 3 is 0.689 bits per heavy atom. The molecule has 2 heterocycles. The number of anilines is 2. The molecular weight excluding hydrogens is 1280 g/mol. The fourth-order valence-electron chi connectivity index (χ4n) is 16.1. The van der Waals surface area contributed by atoms with Crippen LogP contribution >= 0.6 is 0 Å². The first-order valence-corrected chi connectivity index (χ1v) is 36.8. The maximum atomic E-state index is 7.83. The largest absolute Gasteiger partial charge is 0.397 e. The molecule has 6 heteroatoms. The van der Waals surface area contributed by atoms with Crippen LogP contribution in [0.5, 0.6) is 0 Å². The van der Waals surface area contributed by atoms with Crippen LogP contribution in [-0.2, 0) is 9.51 Å². The van der Waals surface area contributed by atoms with Crippen molar-refractivity contribution in [2.45, 2.75) is 53.6 Å². The van der Waals surface area contributed by atoms with Crippen LogP contribution in [0, 0.1) is 41.5 Å². The van der Waals surface area contributed by atoms with E-state index in [1.807, 2.05) is 0 Å². The van der Waals surface area contributed by atoms with Crippen molar-refractivity contribution < 1.29 is 9.51 Å². The average Bonchev–Trinajstić information content (AvgIpc) is 0.733.